The van der Waals surface area contributed by atoms with Gasteiger partial charge in [0.05, 0.1) is 12.2 Å². The zero-order valence-electron chi connectivity index (χ0n) is 14.7. The first-order valence-electron chi connectivity index (χ1n) is 8.50. The molecule has 2 heterocycles. The molecule has 6 nitrogen and oxygen atoms in total. The first kappa shape index (κ1) is 23.9. The van der Waals surface area contributed by atoms with Crippen LogP contribution in [0.5, 0.6) is 0 Å². The third-order valence-corrected chi connectivity index (χ3v) is 4.78. The van der Waals surface area contributed by atoms with E-state index in [-0.39, 0.29) is 49.0 Å². The Kier molecular flexibility index (Phi) is 11.4. The van der Waals surface area contributed by atoms with Crippen molar-refractivity contribution < 1.29 is 14.6 Å². The van der Waals surface area contributed by atoms with Crippen LogP contribution in [0.3, 0.4) is 0 Å². The topological polar surface area (TPSA) is 79.0 Å². The Morgan fingerprint density at radius 3 is 2.42 bits per heavy atom. The number of aliphatic hydroxyl groups is 1. The molecule has 0 bridgehead atoms. The van der Waals surface area contributed by atoms with Crippen LogP contribution in [-0.2, 0) is 9.53 Å². The number of nitrogens with two attached hydrogens (primary N) is 1. The predicted molar refractivity (Wildman–Crippen MR) is 99.9 cm³/mol. The predicted octanol–water partition coefficient (Wildman–Crippen LogP) is 0.887. The first-order chi connectivity index (χ1) is 10.5. The summed E-state index contributed by atoms with van der Waals surface area (Å²) in [5, 5.41) is 9.43. The van der Waals surface area contributed by atoms with Crippen molar-refractivity contribution in [1.29, 1.82) is 0 Å². The molecule has 2 aliphatic rings. The maximum atomic E-state index is 12.4. The Balaban J connectivity index is 0.00000264. The molecule has 24 heavy (non-hydrogen) atoms. The van der Waals surface area contributed by atoms with Gasteiger partial charge in [0.25, 0.3) is 5.91 Å². The smallest absolute Gasteiger partial charge is 0.251 e. The number of piperidine rings is 1. The van der Waals surface area contributed by atoms with Crippen LogP contribution in [0, 0.1) is 5.92 Å². The van der Waals surface area contributed by atoms with E-state index in [4.69, 9.17) is 10.5 Å². The Hall–Kier alpha value is -0.110. The zero-order chi connectivity index (χ0) is 16.1. The molecule has 0 saturated carbocycles. The molecule has 2 rings (SSSR count). The molecule has 0 aromatic rings. The van der Waals surface area contributed by atoms with Crippen LogP contribution < -0.4 is 5.73 Å². The molecule has 0 aromatic carbocycles. The van der Waals surface area contributed by atoms with Crippen molar-refractivity contribution in [3.8, 4) is 0 Å². The average molecular weight is 386 g/mol. The van der Waals surface area contributed by atoms with Gasteiger partial charge in [-0.2, -0.15) is 0 Å². The highest BCUT2D eigenvalue weighted by Crippen LogP contribution is 2.22. The fourth-order valence-electron chi connectivity index (χ4n) is 3.51. The number of ether oxygens (including phenoxy) is 1. The van der Waals surface area contributed by atoms with E-state index in [0.29, 0.717) is 12.5 Å². The van der Waals surface area contributed by atoms with Gasteiger partial charge in [-0.25, -0.2) is 0 Å². The van der Waals surface area contributed by atoms with E-state index in [0.717, 1.165) is 51.9 Å². The van der Waals surface area contributed by atoms with Crippen LogP contribution in [0.4, 0.5) is 0 Å². The zero-order valence-corrected chi connectivity index (χ0v) is 16.4. The molecule has 3 atom stereocenters. The van der Waals surface area contributed by atoms with Crippen molar-refractivity contribution in [2.24, 2.45) is 11.7 Å². The molecule has 0 aliphatic carbocycles. The second-order valence-electron chi connectivity index (χ2n) is 6.87. The summed E-state index contributed by atoms with van der Waals surface area (Å²) in [6, 6.07) is 0. The van der Waals surface area contributed by atoms with Crippen molar-refractivity contribution in [2.75, 3.05) is 39.8 Å². The molecular formula is C16H33Cl2N3O3. The number of carbonyl (C=O) groups excluding carboxylic acids is 1. The Bertz CT molecular complexity index is 366. The van der Waals surface area contributed by atoms with Crippen molar-refractivity contribution in [3.63, 3.8) is 0 Å². The monoisotopic (exact) mass is 385 g/mol. The van der Waals surface area contributed by atoms with Gasteiger partial charge in [-0.15, -0.1) is 24.8 Å². The quantitative estimate of drug-likeness (QED) is 0.709. The number of rotatable bonds is 6. The summed E-state index contributed by atoms with van der Waals surface area (Å²) < 4.78 is 5.69. The number of hydrogen-bond acceptors (Lipinski definition) is 5. The van der Waals surface area contributed by atoms with Gasteiger partial charge in [-0.3, -0.25) is 4.79 Å². The van der Waals surface area contributed by atoms with Crippen molar-refractivity contribution in [1.82, 2.24) is 9.80 Å². The first-order valence-corrected chi connectivity index (χ1v) is 8.50. The minimum Gasteiger partial charge on any atom is -0.392 e. The number of β-amino-alcohol motifs (C(OH)–C–C–N with tert-alkyl or cyclic N) is 1. The van der Waals surface area contributed by atoms with Gasteiger partial charge >= 0.3 is 0 Å². The van der Waals surface area contributed by atoms with Crippen LogP contribution in [0.2, 0.25) is 0 Å². The highest BCUT2D eigenvalue weighted by Gasteiger charge is 2.32. The standard InChI is InChI=1S/C16H31N3O3.2ClH/c1-12(20)10-19-7-5-13(6-8-19)11-18(2)16(21)15-4-3-14(9-17)22-15;;/h12-15,20H,3-11,17H2,1-2H3;2*1H/t12?,14-,15+;;/m1../s1. The third kappa shape index (κ3) is 7.02. The molecule has 2 aliphatic heterocycles. The van der Waals surface area contributed by atoms with Crippen molar-refractivity contribution in [2.45, 2.75) is 50.9 Å². The van der Waals surface area contributed by atoms with Crippen LogP contribution in [0.1, 0.15) is 32.6 Å². The summed E-state index contributed by atoms with van der Waals surface area (Å²) in [6.07, 6.45) is 3.33. The van der Waals surface area contributed by atoms with E-state index in [1.807, 2.05) is 18.9 Å². The highest BCUT2D eigenvalue weighted by atomic mass is 35.5. The molecule has 0 spiro atoms. The van der Waals surface area contributed by atoms with Crippen LogP contribution >= 0.6 is 24.8 Å². The van der Waals surface area contributed by atoms with Gasteiger partial charge in [0.1, 0.15) is 6.10 Å². The summed E-state index contributed by atoms with van der Waals surface area (Å²) in [5.41, 5.74) is 5.60. The van der Waals surface area contributed by atoms with E-state index in [9.17, 15) is 9.90 Å². The fraction of sp³-hybridized carbons (Fsp3) is 0.938. The molecular weight excluding hydrogens is 353 g/mol. The number of aliphatic hydroxyl groups excluding tert-OH is 1. The van der Waals surface area contributed by atoms with Gasteiger partial charge < -0.3 is 25.4 Å². The van der Waals surface area contributed by atoms with E-state index in [2.05, 4.69) is 4.90 Å². The maximum absolute atomic E-state index is 12.4. The largest absolute Gasteiger partial charge is 0.392 e. The third-order valence-electron chi connectivity index (χ3n) is 4.78. The Morgan fingerprint density at radius 2 is 1.92 bits per heavy atom. The molecule has 3 N–H and O–H groups in total. The average Bonchev–Trinajstić information content (AvgIpc) is 2.97. The van der Waals surface area contributed by atoms with Gasteiger partial charge in [0.2, 0.25) is 0 Å². The van der Waals surface area contributed by atoms with E-state index < -0.39 is 0 Å². The normalized spacial score (nSPS) is 26.3. The molecule has 1 unspecified atom stereocenters. The SMILES string of the molecule is CC(O)CN1CCC(CN(C)C(=O)[C@@H]2CC[C@H](CN)O2)CC1.Cl.Cl. The minimum atomic E-state index is -0.297. The van der Waals surface area contributed by atoms with Gasteiger partial charge in [0.15, 0.2) is 0 Å². The fourth-order valence-corrected chi connectivity index (χ4v) is 3.51. The van der Waals surface area contributed by atoms with Gasteiger partial charge in [0, 0.05) is 26.7 Å². The minimum absolute atomic E-state index is 0. The number of likely N-dealkylation sites (N-methyl/N-ethyl adjacent to an activating group) is 1. The second kappa shape index (κ2) is 11.5. The molecule has 144 valence electrons. The van der Waals surface area contributed by atoms with E-state index in [1.165, 1.54) is 0 Å². The number of nitrogens with zero attached hydrogens (tertiary/aromatic N) is 2. The van der Waals surface area contributed by atoms with E-state index in [1.54, 1.807) is 0 Å². The Morgan fingerprint density at radius 1 is 1.29 bits per heavy atom. The summed E-state index contributed by atoms with van der Waals surface area (Å²) in [5.74, 6) is 0.647. The summed E-state index contributed by atoms with van der Waals surface area (Å²) in [7, 11) is 1.88. The number of carbonyl (C=O) groups is 1. The summed E-state index contributed by atoms with van der Waals surface area (Å²) in [6.45, 7) is 5.88. The lowest BCUT2D eigenvalue weighted by Gasteiger charge is -2.34. The van der Waals surface area contributed by atoms with Crippen LogP contribution in [-0.4, -0.2) is 78.9 Å². The van der Waals surface area contributed by atoms with Gasteiger partial charge in [-0.1, -0.05) is 0 Å². The summed E-state index contributed by atoms with van der Waals surface area (Å²) >= 11 is 0. The van der Waals surface area contributed by atoms with Gasteiger partial charge in [-0.05, 0) is 51.6 Å². The second-order valence-corrected chi connectivity index (χ2v) is 6.87. The molecule has 1 amide bonds. The van der Waals surface area contributed by atoms with Crippen LogP contribution in [0.15, 0.2) is 0 Å². The molecule has 8 heteroatoms. The number of halogens is 2. The number of hydrogen-bond donors (Lipinski definition) is 2. The molecule has 2 saturated heterocycles. The van der Waals surface area contributed by atoms with Crippen molar-refractivity contribution >= 4 is 30.7 Å². The highest BCUT2D eigenvalue weighted by molar-refractivity contribution is 5.85. The summed E-state index contributed by atoms with van der Waals surface area (Å²) in [4.78, 5) is 16.5. The van der Waals surface area contributed by atoms with Crippen LogP contribution in [0.25, 0.3) is 0 Å². The number of amides is 1. The molecule has 2 fully saturated rings. The lowest BCUT2D eigenvalue weighted by Crippen LogP contribution is -2.43. The van der Waals surface area contributed by atoms with Crippen molar-refractivity contribution in [3.05, 3.63) is 0 Å². The molecule has 0 radical (unpaired) electrons. The Labute approximate surface area is 157 Å². The lowest BCUT2D eigenvalue weighted by molar-refractivity contribution is -0.142. The molecule has 0 aromatic heterocycles. The lowest BCUT2D eigenvalue weighted by atomic mass is 9.96. The maximum Gasteiger partial charge on any atom is 0.251 e. The number of likely N-dealkylation sites (tertiary alicyclic amines) is 1. The van der Waals surface area contributed by atoms with E-state index >= 15 is 0 Å².